The number of fused-ring (bicyclic) bond motifs is 1. The number of sulfonamides is 1. The molecule has 0 spiro atoms. The number of benzene rings is 1. The van der Waals surface area contributed by atoms with Gasteiger partial charge in [-0.1, -0.05) is 6.42 Å². The summed E-state index contributed by atoms with van der Waals surface area (Å²) in [5.41, 5.74) is 1.41. The molecule has 0 bridgehead atoms. The Bertz CT molecular complexity index is 1440. The van der Waals surface area contributed by atoms with Crippen LogP contribution in [0.15, 0.2) is 47.1 Å². The molecule has 2 N–H and O–H groups in total. The normalized spacial score (nSPS) is 14.7. The monoisotopic (exact) mass is 529 g/mol. The van der Waals surface area contributed by atoms with Crippen LogP contribution in [0, 0.1) is 6.92 Å². The third-order valence-corrected chi connectivity index (χ3v) is 9.17. The Hall–Kier alpha value is -3.09. The SMILES string of the molecule is Cc1c(C(=O)OC2CCCCC2)sc2ncnc(Nc3ccc(S(=O)(=O)Nc4nccs4)cc3)c12. The van der Waals surface area contributed by atoms with E-state index in [9.17, 15) is 13.2 Å². The van der Waals surface area contributed by atoms with Crippen LogP contribution in [0.4, 0.5) is 16.6 Å². The Labute approximate surface area is 210 Å². The van der Waals surface area contributed by atoms with Crippen molar-refractivity contribution < 1.29 is 17.9 Å². The van der Waals surface area contributed by atoms with Gasteiger partial charge >= 0.3 is 5.97 Å². The number of thiophene rings is 1. The molecule has 4 aromatic rings. The fraction of sp³-hybridized carbons (Fsp3) is 0.304. The lowest BCUT2D eigenvalue weighted by Crippen LogP contribution is -2.20. The third kappa shape index (κ3) is 5.14. The van der Waals surface area contributed by atoms with Gasteiger partial charge in [-0.2, -0.15) is 0 Å². The van der Waals surface area contributed by atoms with E-state index in [1.54, 1.807) is 17.5 Å². The minimum absolute atomic E-state index is 0.0237. The molecule has 0 aliphatic heterocycles. The molecule has 3 heterocycles. The highest BCUT2D eigenvalue weighted by molar-refractivity contribution is 7.93. The molecule has 1 fully saturated rings. The average molecular weight is 530 g/mol. The number of aryl methyl sites for hydroxylation is 1. The van der Waals surface area contributed by atoms with E-state index in [2.05, 4.69) is 25.0 Å². The van der Waals surface area contributed by atoms with Crippen LogP contribution in [0.5, 0.6) is 0 Å². The number of carbonyl (C=O) groups excluding carboxylic acids is 1. The summed E-state index contributed by atoms with van der Waals surface area (Å²) in [6, 6.07) is 6.32. The molecule has 5 rings (SSSR count). The number of rotatable bonds is 7. The van der Waals surface area contributed by atoms with E-state index in [1.807, 2.05) is 6.92 Å². The number of ether oxygens (including phenoxy) is 1. The first kappa shape index (κ1) is 23.6. The molecule has 0 amide bonds. The minimum atomic E-state index is -3.74. The maximum absolute atomic E-state index is 12.9. The van der Waals surface area contributed by atoms with Gasteiger partial charge in [0.05, 0.1) is 10.3 Å². The van der Waals surface area contributed by atoms with Crippen molar-refractivity contribution in [3.8, 4) is 0 Å². The first-order valence-corrected chi connectivity index (χ1v) is 14.3. The van der Waals surface area contributed by atoms with Crippen LogP contribution in [0.1, 0.15) is 47.3 Å². The van der Waals surface area contributed by atoms with Crippen LogP contribution in [0.25, 0.3) is 10.2 Å². The van der Waals surface area contributed by atoms with E-state index in [0.717, 1.165) is 36.6 Å². The highest BCUT2D eigenvalue weighted by Crippen LogP contribution is 2.35. The molecule has 0 radical (unpaired) electrons. The van der Waals surface area contributed by atoms with Crippen molar-refractivity contribution in [3.05, 3.63) is 52.6 Å². The van der Waals surface area contributed by atoms with Crippen molar-refractivity contribution in [3.63, 3.8) is 0 Å². The van der Waals surface area contributed by atoms with E-state index in [0.29, 0.717) is 26.3 Å². The van der Waals surface area contributed by atoms with Crippen LogP contribution in [0.2, 0.25) is 0 Å². The second kappa shape index (κ2) is 9.88. The largest absolute Gasteiger partial charge is 0.458 e. The number of esters is 1. The van der Waals surface area contributed by atoms with Gasteiger partial charge in [-0.3, -0.25) is 4.72 Å². The molecule has 1 aromatic carbocycles. The maximum Gasteiger partial charge on any atom is 0.348 e. The van der Waals surface area contributed by atoms with Gasteiger partial charge < -0.3 is 10.1 Å². The molecular formula is C23H23N5O4S3. The maximum atomic E-state index is 12.9. The van der Waals surface area contributed by atoms with Crippen molar-refractivity contribution in [2.75, 3.05) is 10.0 Å². The standard InChI is InChI=1S/C23H23N5O4S3/c1-14-18-20(25-13-26-21(18)34-19(14)22(29)32-16-5-3-2-4-6-16)27-15-7-9-17(10-8-15)35(30,31)28-23-24-11-12-33-23/h7-13,16H,2-6H2,1H3,(H,24,28)(H,25,26,27). The smallest absolute Gasteiger partial charge is 0.348 e. The summed E-state index contributed by atoms with van der Waals surface area (Å²) in [5, 5.41) is 5.97. The van der Waals surface area contributed by atoms with Gasteiger partial charge in [-0.15, -0.1) is 22.7 Å². The predicted molar refractivity (Wildman–Crippen MR) is 137 cm³/mol. The number of hydrogen-bond acceptors (Lipinski definition) is 10. The number of carbonyl (C=O) groups is 1. The van der Waals surface area contributed by atoms with Crippen LogP contribution in [-0.2, 0) is 14.8 Å². The topological polar surface area (TPSA) is 123 Å². The Morgan fingerprint density at radius 3 is 2.57 bits per heavy atom. The van der Waals surface area contributed by atoms with Gasteiger partial charge in [-0.05, 0) is 62.4 Å². The molecule has 35 heavy (non-hydrogen) atoms. The molecule has 0 atom stereocenters. The molecule has 1 aliphatic rings. The van der Waals surface area contributed by atoms with Gasteiger partial charge in [0.2, 0.25) is 0 Å². The van der Waals surface area contributed by atoms with E-state index in [4.69, 9.17) is 4.74 Å². The van der Waals surface area contributed by atoms with E-state index < -0.39 is 10.0 Å². The van der Waals surface area contributed by atoms with Gasteiger partial charge in [0.1, 0.15) is 28.0 Å². The third-order valence-electron chi connectivity index (χ3n) is 5.82. The summed E-state index contributed by atoms with van der Waals surface area (Å²) in [6.45, 7) is 1.87. The summed E-state index contributed by atoms with van der Waals surface area (Å²) >= 11 is 2.50. The molecule has 0 unspecified atom stereocenters. The lowest BCUT2D eigenvalue weighted by Gasteiger charge is -2.21. The number of nitrogens with one attached hydrogen (secondary N) is 2. The van der Waals surface area contributed by atoms with Crippen LogP contribution >= 0.6 is 22.7 Å². The zero-order chi connectivity index (χ0) is 24.4. The molecule has 1 saturated carbocycles. The van der Waals surface area contributed by atoms with Crippen LogP contribution < -0.4 is 10.0 Å². The van der Waals surface area contributed by atoms with Crippen molar-refractivity contribution >= 4 is 65.5 Å². The van der Waals surface area contributed by atoms with Crippen LogP contribution in [-0.4, -0.2) is 35.4 Å². The number of aromatic nitrogens is 3. The fourth-order valence-corrected chi connectivity index (χ4v) is 6.87. The van der Waals surface area contributed by atoms with Gasteiger partial charge in [0.15, 0.2) is 5.13 Å². The molecule has 3 aromatic heterocycles. The lowest BCUT2D eigenvalue weighted by atomic mass is 9.98. The van der Waals surface area contributed by atoms with Crippen molar-refractivity contribution in [1.82, 2.24) is 15.0 Å². The second-order valence-corrected chi connectivity index (χ2v) is 11.8. The Morgan fingerprint density at radius 1 is 1.09 bits per heavy atom. The highest BCUT2D eigenvalue weighted by Gasteiger charge is 2.24. The van der Waals surface area contributed by atoms with E-state index in [1.165, 1.54) is 53.8 Å². The van der Waals surface area contributed by atoms with Crippen molar-refractivity contribution in [2.45, 2.75) is 50.0 Å². The minimum Gasteiger partial charge on any atom is -0.458 e. The molecule has 182 valence electrons. The number of thiazole rings is 1. The first-order valence-electron chi connectivity index (χ1n) is 11.2. The first-order chi connectivity index (χ1) is 16.9. The highest BCUT2D eigenvalue weighted by atomic mass is 32.2. The van der Waals surface area contributed by atoms with E-state index in [-0.39, 0.29) is 17.0 Å². The zero-order valence-electron chi connectivity index (χ0n) is 18.9. The summed E-state index contributed by atoms with van der Waals surface area (Å²) < 4.78 is 33.4. The Balaban J connectivity index is 1.36. The Morgan fingerprint density at radius 2 is 1.86 bits per heavy atom. The van der Waals surface area contributed by atoms with Gasteiger partial charge in [0, 0.05) is 17.3 Å². The summed E-state index contributed by atoms with van der Waals surface area (Å²) in [4.78, 5) is 26.9. The fourth-order valence-electron chi connectivity index (χ4n) is 4.05. The zero-order valence-corrected chi connectivity index (χ0v) is 21.3. The quantitative estimate of drug-likeness (QED) is 0.301. The van der Waals surface area contributed by atoms with Gasteiger partial charge in [0.25, 0.3) is 10.0 Å². The average Bonchev–Trinajstić information content (AvgIpc) is 3.48. The molecular weight excluding hydrogens is 506 g/mol. The summed E-state index contributed by atoms with van der Waals surface area (Å²) in [6.07, 6.45) is 8.13. The number of nitrogens with zero attached hydrogens (tertiary/aromatic N) is 3. The molecule has 1 aliphatic carbocycles. The number of hydrogen-bond donors (Lipinski definition) is 2. The summed E-state index contributed by atoms with van der Waals surface area (Å²) in [7, 11) is -3.74. The van der Waals surface area contributed by atoms with Crippen molar-refractivity contribution in [2.24, 2.45) is 0 Å². The number of anilines is 3. The molecule has 12 heteroatoms. The van der Waals surface area contributed by atoms with Crippen molar-refractivity contribution in [1.29, 1.82) is 0 Å². The Kier molecular flexibility index (Phi) is 6.67. The molecule has 9 nitrogen and oxygen atoms in total. The second-order valence-electron chi connectivity index (χ2n) is 8.22. The predicted octanol–water partition coefficient (Wildman–Crippen LogP) is 5.49. The van der Waals surface area contributed by atoms with Crippen LogP contribution in [0.3, 0.4) is 0 Å². The lowest BCUT2D eigenvalue weighted by molar-refractivity contribution is 0.0216. The molecule has 0 saturated heterocycles. The van der Waals surface area contributed by atoms with E-state index >= 15 is 0 Å². The van der Waals surface area contributed by atoms with Gasteiger partial charge in [-0.25, -0.2) is 28.2 Å². The summed E-state index contributed by atoms with van der Waals surface area (Å²) in [5.74, 6) is 0.225.